The van der Waals surface area contributed by atoms with Crippen molar-refractivity contribution in [2.45, 2.75) is 59.3 Å². The summed E-state index contributed by atoms with van der Waals surface area (Å²) in [6.45, 7) is 15.1. The number of benzene rings is 1. The molecule has 168 valence electrons. The predicted molar refractivity (Wildman–Crippen MR) is 123 cm³/mol. The van der Waals surface area contributed by atoms with Crippen molar-refractivity contribution in [3.8, 4) is 0 Å². The quantitative estimate of drug-likeness (QED) is 0.708. The summed E-state index contributed by atoms with van der Waals surface area (Å²) in [6, 6.07) is 10.1. The van der Waals surface area contributed by atoms with Crippen molar-refractivity contribution >= 4 is 11.8 Å². The first-order chi connectivity index (χ1) is 14.4. The number of anilines is 1. The van der Waals surface area contributed by atoms with Crippen LogP contribution in [0, 0.1) is 0 Å². The molecule has 3 rings (SSSR count). The van der Waals surface area contributed by atoms with Gasteiger partial charge in [0.15, 0.2) is 0 Å². The third-order valence-electron chi connectivity index (χ3n) is 4.97. The fraction of sp³-hybridized carbons (Fsp3) is 0.583. The normalized spacial score (nSPS) is 14.7. The summed E-state index contributed by atoms with van der Waals surface area (Å²) < 4.78 is 10.6. The highest BCUT2D eigenvalue weighted by Gasteiger charge is 2.19. The van der Waals surface area contributed by atoms with Crippen LogP contribution in [0.3, 0.4) is 0 Å². The minimum absolute atomic E-state index is 0. The van der Waals surface area contributed by atoms with Gasteiger partial charge in [0.1, 0.15) is 0 Å². The molecule has 6 heteroatoms. The summed E-state index contributed by atoms with van der Waals surface area (Å²) in [6.07, 6.45) is 2.51. The zero-order valence-electron chi connectivity index (χ0n) is 19.2. The Balaban J connectivity index is 0.00000156. The summed E-state index contributed by atoms with van der Waals surface area (Å²) in [4.78, 5) is 14.7. The van der Waals surface area contributed by atoms with Crippen LogP contribution in [-0.2, 0) is 27.8 Å². The van der Waals surface area contributed by atoms with E-state index in [4.69, 9.17) is 9.26 Å². The number of aryl methyl sites for hydroxylation is 1. The van der Waals surface area contributed by atoms with E-state index in [2.05, 4.69) is 48.3 Å². The number of morpholine rings is 1. The summed E-state index contributed by atoms with van der Waals surface area (Å²) in [5.41, 5.74) is 3.01. The largest absolute Gasteiger partial charge is 0.379 e. The van der Waals surface area contributed by atoms with E-state index >= 15 is 0 Å². The van der Waals surface area contributed by atoms with Gasteiger partial charge in [0.05, 0.1) is 25.3 Å². The van der Waals surface area contributed by atoms with Gasteiger partial charge in [-0.3, -0.25) is 15.0 Å². The van der Waals surface area contributed by atoms with Gasteiger partial charge in [-0.25, -0.2) is 0 Å². The van der Waals surface area contributed by atoms with E-state index in [1.54, 1.807) is 6.07 Å². The number of hydrogen-bond acceptors (Lipinski definition) is 5. The molecule has 1 aliphatic heterocycles. The molecule has 2 aromatic rings. The van der Waals surface area contributed by atoms with Crippen LogP contribution in [-0.4, -0.2) is 48.8 Å². The lowest BCUT2D eigenvalue weighted by molar-refractivity contribution is -0.115. The molecule has 1 aliphatic rings. The molecule has 0 unspecified atom stereocenters. The molecule has 6 nitrogen and oxygen atoms in total. The maximum absolute atomic E-state index is 12.3. The molecule has 2 heterocycles. The Bertz CT molecular complexity index is 763. The number of amides is 1. The highest BCUT2D eigenvalue weighted by molar-refractivity contribution is 5.91. The summed E-state index contributed by atoms with van der Waals surface area (Å²) in [5.74, 6) is 0.298. The van der Waals surface area contributed by atoms with Crippen LogP contribution >= 0.6 is 0 Å². The molecule has 1 aromatic heterocycles. The Morgan fingerprint density at radius 2 is 1.77 bits per heavy atom. The third kappa shape index (κ3) is 7.92. The number of nitrogens with one attached hydrogen (secondary N) is 1. The Morgan fingerprint density at radius 1 is 1.13 bits per heavy atom. The highest BCUT2D eigenvalue weighted by atomic mass is 16.5. The molecule has 1 aromatic carbocycles. The van der Waals surface area contributed by atoms with Gasteiger partial charge in [0.25, 0.3) is 0 Å². The molecular weight excluding hydrogens is 378 g/mol. The van der Waals surface area contributed by atoms with Gasteiger partial charge in [-0.15, -0.1) is 0 Å². The molecule has 30 heavy (non-hydrogen) atoms. The second-order valence-electron chi connectivity index (χ2n) is 8.43. The van der Waals surface area contributed by atoms with Gasteiger partial charge in [-0.1, -0.05) is 64.0 Å². The van der Waals surface area contributed by atoms with Gasteiger partial charge in [-0.2, -0.15) is 0 Å². The van der Waals surface area contributed by atoms with E-state index in [1.165, 1.54) is 5.56 Å². The molecular formula is C24H39N3O3. The maximum atomic E-state index is 12.3. The number of hydrogen-bond donors (Lipinski definition) is 1. The summed E-state index contributed by atoms with van der Waals surface area (Å²) in [7, 11) is 0. The second kappa shape index (κ2) is 11.9. The Labute approximate surface area is 182 Å². The standard InChI is InChI=1S/C22H31N3O3.C2H6.H2/c1-22(2,3)19-16-21(28-24-19)23-20(26)15-18-8-6-17(7-9-18)5-4-10-25-11-13-27-14-12-25;1-2;/h6-9,16H,4-5,10-15H2,1-3H3,(H,23,26);1-2H3;1H. The smallest absolute Gasteiger partial charge is 0.231 e. The topological polar surface area (TPSA) is 67.6 Å². The number of nitrogens with zero attached hydrogens (tertiary/aromatic N) is 2. The van der Waals surface area contributed by atoms with E-state index in [-0.39, 0.29) is 12.7 Å². The van der Waals surface area contributed by atoms with Crippen molar-refractivity contribution in [1.29, 1.82) is 0 Å². The molecule has 1 N–H and O–H groups in total. The van der Waals surface area contributed by atoms with Gasteiger partial charge < -0.3 is 9.26 Å². The number of ether oxygens (including phenoxy) is 1. The fourth-order valence-corrected chi connectivity index (χ4v) is 3.21. The first-order valence-electron chi connectivity index (χ1n) is 11.0. The van der Waals surface area contributed by atoms with Crippen molar-refractivity contribution < 1.29 is 15.5 Å². The monoisotopic (exact) mass is 417 g/mol. The van der Waals surface area contributed by atoms with Crippen molar-refractivity contribution in [1.82, 2.24) is 10.1 Å². The molecule has 0 saturated carbocycles. The van der Waals surface area contributed by atoms with E-state index in [9.17, 15) is 4.79 Å². The maximum Gasteiger partial charge on any atom is 0.231 e. The Hall–Kier alpha value is -2.18. The molecule has 0 aliphatic carbocycles. The predicted octanol–water partition coefficient (Wildman–Crippen LogP) is 4.69. The van der Waals surface area contributed by atoms with Gasteiger partial charge in [0, 0.05) is 26.0 Å². The zero-order chi connectivity index (χ0) is 22.0. The number of rotatable bonds is 7. The van der Waals surface area contributed by atoms with Crippen LogP contribution in [0.4, 0.5) is 5.88 Å². The van der Waals surface area contributed by atoms with E-state index in [0.717, 1.165) is 56.9 Å². The van der Waals surface area contributed by atoms with Gasteiger partial charge >= 0.3 is 0 Å². The minimum Gasteiger partial charge on any atom is -0.379 e. The highest BCUT2D eigenvalue weighted by Crippen LogP contribution is 2.23. The van der Waals surface area contributed by atoms with Crippen molar-refractivity contribution in [3.05, 3.63) is 47.2 Å². The summed E-state index contributed by atoms with van der Waals surface area (Å²) in [5, 5.41) is 6.81. The Morgan fingerprint density at radius 3 is 2.37 bits per heavy atom. The number of carbonyl (C=O) groups excluding carboxylic acids is 1. The molecule has 0 bridgehead atoms. The van der Waals surface area contributed by atoms with Crippen LogP contribution in [0.25, 0.3) is 0 Å². The number of aromatic nitrogens is 1. The van der Waals surface area contributed by atoms with Crippen molar-refractivity contribution in [3.63, 3.8) is 0 Å². The average molecular weight is 418 g/mol. The SMILES string of the molecule is CC.CC(C)(C)c1cc(NC(=O)Cc2ccc(CCCN3CCOCC3)cc2)on1.[HH]. The van der Waals surface area contributed by atoms with Crippen LogP contribution in [0.1, 0.15) is 59.3 Å². The lowest BCUT2D eigenvalue weighted by atomic mass is 9.92. The molecule has 0 spiro atoms. The van der Waals surface area contributed by atoms with Gasteiger partial charge in [0.2, 0.25) is 11.8 Å². The summed E-state index contributed by atoms with van der Waals surface area (Å²) >= 11 is 0. The van der Waals surface area contributed by atoms with E-state index < -0.39 is 0 Å². The number of carbonyl (C=O) groups is 1. The minimum atomic E-state index is -0.107. The van der Waals surface area contributed by atoms with Crippen LogP contribution < -0.4 is 5.32 Å². The molecule has 0 atom stereocenters. The van der Waals surface area contributed by atoms with E-state index in [0.29, 0.717) is 12.3 Å². The first-order valence-corrected chi connectivity index (χ1v) is 11.0. The van der Waals surface area contributed by atoms with Crippen LogP contribution in [0.5, 0.6) is 0 Å². The molecule has 1 amide bonds. The van der Waals surface area contributed by atoms with Crippen LogP contribution in [0.2, 0.25) is 0 Å². The molecule has 0 radical (unpaired) electrons. The average Bonchev–Trinajstić information content (AvgIpc) is 3.20. The third-order valence-corrected chi connectivity index (χ3v) is 4.97. The lowest BCUT2D eigenvalue weighted by Gasteiger charge is -2.26. The van der Waals surface area contributed by atoms with Gasteiger partial charge in [-0.05, 0) is 30.5 Å². The first kappa shape index (κ1) is 24.1. The molecule has 1 saturated heterocycles. The Kier molecular flexibility index (Phi) is 9.53. The van der Waals surface area contributed by atoms with E-state index in [1.807, 2.05) is 26.0 Å². The lowest BCUT2D eigenvalue weighted by Crippen LogP contribution is -2.36. The zero-order valence-corrected chi connectivity index (χ0v) is 19.2. The van der Waals surface area contributed by atoms with Crippen molar-refractivity contribution in [2.75, 3.05) is 38.2 Å². The van der Waals surface area contributed by atoms with Crippen molar-refractivity contribution in [2.24, 2.45) is 0 Å². The fourth-order valence-electron chi connectivity index (χ4n) is 3.21. The van der Waals surface area contributed by atoms with Crippen LogP contribution in [0.15, 0.2) is 34.9 Å². The second-order valence-corrected chi connectivity index (χ2v) is 8.43. The molecule has 1 fully saturated rings.